The van der Waals surface area contributed by atoms with E-state index in [1.165, 1.54) is 12.3 Å². The predicted octanol–water partition coefficient (Wildman–Crippen LogP) is 2.33. The van der Waals surface area contributed by atoms with Gasteiger partial charge in [-0.05, 0) is 36.8 Å². The zero-order valence-electron chi connectivity index (χ0n) is 11.8. The maximum atomic E-state index is 12.2. The molecule has 2 rings (SSSR count). The molecular formula is C15H20N2O3. The van der Waals surface area contributed by atoms with Crippen molar-refractivity contribution in [2.45, 2.75) is 39.2 Å². The molecule has 1 aromatic heterocycles. The third-order valence-electron chi connectivity index (χ3n) is 4.31. The van der Waals surface area contributed by atoms with E-state index in [4.69, 9.17) is 5.11 Å². The lowest BCUT2D eigenvalue weighted by Gasteiger charge is -2.21. The van der Waals surface area contributed by atoms with Gasteiger partial charge >= 0.3 is 5.97 Å². The van der Waals surface area contributed by atoms with E-state index in [1.807, 2.05) is 0 Å². The van der Waals surface area contributed by atoms with Crippen molar-refractivity contribution in [3.63, 3.8) is 0 Å². The fourth-order valence-electron chi connectivity index (χ4n) is 2.97. The minimum absolute atomic E-state index is 0.108. The number of aromatic carboxylic acids is 1. The Kier molecular flexibility index (Phi) is 4.37. The number of rotatable bonds is 4. The van der Waals surface area contributed by atoms with Crippen LogP contribution in [0.25, 0.3) is 0 Å². The van der Waals surface area contributed by atoms with Crippen molar-refractivity contribution < 1.29 is 14.7 Å². The van der Waals surface area contributed by atoms with Crippen LogP contribution in [-0.4, -0.2) is 28.0 Å². The van der Waals surface area contributed by atoms with Gasteiger partial charge in [0.15, 0.2) is 0 Å². The van der Waals surface area contributed by atoms with E-state index in [1.54, 1.807) is 6.07 Å². The molecule has 1 heterocycles. The zero-order valence-corrected chi connectivity index (χ0v) is 11.8. The Morgan fingerprint density at radius 1 is 1.45 bits per heavy atom. The van der Waals surface area contributed by atoms with Crippen molar-refractivity contribution in [1.82, 2.24) is 10.3 Å². The van der Waals surface area contributed by atoms with Crippen LogP contribution in [0.1, 0.15) is 54.0 Å². The monoisotopic (exact) mass is 276 g/mol. The highest BCUT2D eigenvalue weighted by molar-refractivity contribution is 5.96. The first-order valence-corrected chi connectivity index (χ1v) is 7.03. The van der Waals surface area contributed by atoms with Gasteiger partial charge in [0.05, 0.1) is 0 Å². The van der Waals surface area contributed by atoms with Crippen molar-refractivity contribution in [2.24, 2.45) is 11.8 Å². The van der Waals surface area contributed by atoms with Crippen LogP contribution in [0.5, 0.6) is 0 Å². The summed E-state index contributed by atoms with van der Waals surface area (Å²) in [6.07, 6.45) is 4.61. The fourth-order valence-corrected chi connectivity index (χ4v) is 2.97. The first kappa shape index (κ1) is 14.5. The Labute approximate surface area is 118 Å². The number of nitrogens with one attached hydrogen (secondary N) is 1. The minimum Gasteiger partial charge on any atom is -0.477 e. The second-order valence-corrected chi connectivity index (χ2v) is 5.42. The minimum atomic E-state index is -1.13. The second-order valence-electron chi connectivity index (χ2n) is 5.42. The van der Waals surface area contributed by atoms with Crippen molar-refractivity contribution >= 4 is 11.9 Å². The molecule has 3 atom stereocenters. The number of carbonyl (C=O) groups is 2. The van der Waals surface area contributed by atoms with Gasteiger partial charge in [-0.3, -0.25) is 4.79 Å². The molecule has 1 fully saturated rings. The Morgan fingerprint density at radius 2 is 2.20 bits per heavy atom. The summed E-state index contributed by atoms with van der Waals surface area (Å²) in [5.41, 5.74) is 0.244. The molecule has 0 spiro atoms. The lowest BCUT2D eigenvalue weighted by molar-refractivity contribution is 0.0690. The van der Waals surface area contributed by atoms with Gasteiger partial charge in [0.1, 0.15) is 5.69 Å². The van der Waals surface area contributed by atoms with Crippen LogP contribution in [0.3, 0.4) is 0 Å². The Bertz CT molecular complexity index is 516. The molecule has 0 bridgehead atoms. The van der Waals surface area contributed by atoms with Crippen LogP contribution in [-0.2, 0) is 0 Å². The van der Waals surface area contributed by atoms with Crippen molar-refractivity contribution in [3.05, 3.63) is 29.6 Å². The number of pyridine rings is 1. The summed E-state index contributed by atoms with van der Waals surface area (Å²) in [4.78, 5) is 26.8. The Balaban J connectivity index is 2.05. The van der Waals surface area contributed by atoms with E-state index < -0.39 is 5.97 Å². The maximum Gasteiger partial charge on any atom is 0.354 e. The zero-order chi connectivity index (χ0) is 14.7. The molecule has 0 aromatic carbocycles. The molecule has 108 valence electrons. The number of carboxylic acids is 1. The van der Waals surface area contributed by atoms with Gasteiger partial charge in [0.25, 0.3) is 5.91 Å². The van der Waals surface area contributed by atoms with Crippen molar-refractivity contribution in [1.29, 1.82) is 0 Å². The number of nitrogens with zero attached hydrogens (tertiary/aromatic N) is 1. The number of hydrogen-bond acceptors (Lipinski definition) is 3. The lowest BCUT2D eigenvalue weighted by atomic mass is 9.93. The van der Waals surface area contributed by atoms with E-state index in [9.17, 15) is 9.59 Å². The van der Waals surface area contributed by atoms with Crippen molar-refractivity contribution in [3.8, 4) is 0 Å². The molecule has 5 nitrogen and oxygen atoms in total. The van der Waals surface area contributed by atoms with E-state index >= 15 is 0 Å². The quantitative estimate of drug-likeness (QED) is 0.884. The normalized spacial score (nSPS) is 25.4. The van der Waals surface area contributed by atoms with E-state index in [2.05, 4.69) is 24.1 Å². The highest BCUT2D eigenvalue weighted by Gasteiger charge is 2.32. The summed E-state index contributed by atoms with van der Waals surface area (Å²) in [5.74, 6) is -0.222. The lowest BCUT2D eigenvalue weighted by Crippen LogP contribution is -2.37. The molecule has 3 unspecified atom stereocenters. The topological polar surface area (TPSA) is 79.3 Å². The van der Waals surface area contributed by atoms with Crippen LogP contribution in [0.2, 0.25) is 0 Å². The smallest absolute Gasteiger partial charge is 0.354 e. The van der Waals surface area contributed by atoms with Crippen LogP contribution < -0.4 is 5.32 Å². The number of hydrogen-bond donors (Lipinski definition) is 2. The number of aromatic nitrogens is 1. The molecule has 1 aromatic rings. The Morgan fingerprint density at radius 3 is 2.80 bits per heavy atom. The molecule has 1 saturated carbocycles. The Hall–Kier alpha value is -1.91. The number of carbonyl (C=O) groups excluding carboxylic acids is 1. The molecule has 20 heavy (non-hydrogen) atoms. The first-order valence-electron chi connectivity index (χ1n) is 7.03. The fraction of sp³-hybridized carbons (Fsp3) is 0.533. The van der Waals surface area contributed by atoms with Gasteiger partial charge < -0.3 is 10.4 Å². The summed E-state index contributed by atoms with van der Waals surface area (Å²) in [6.45, 7) is 4.34. The van der Waals surface area contributed by atoms with Crippen LogP contribution in [0.4, 0.5) is 0 Å². The molecule has 5 heteroatoms. The molecular weight excluding hydrogens is 256 g/mol. The molecule has 1 aliphatic rings. The molecule has 0 saturated heterocycles. The summed E-state index contributed by atoms with van der Waals surface area (Å²) < 4.78 is 0. The second kappa shape index (κ2) is 6.03. The highest BCUT2D eigenvalue weighted by atomic mass is 16.4. The van der Waals surface area contributed by atoms with Gasteiger partial charge in [-0.15, -0.1) is 0 Å². The highest BCUT2D eigenvalue weighted by Crippen LogP contribution is 2.33. The summed E-state index contributed by atoms with van der Waals surface area (Å²) in [5, 5.41) is 11.9. The van der Waals surface area contributed by atoms with Gasteiger partial charge in [-0.25, -0.2) is 9.78 Å². The standard InChI is InChI=1S/C15H20N2O3/c1-3-10-4-5-12(9(10)2)17-14(18)11-6-7-16-13(8-11)15(19)20/h6-10,12H,3-5H2,1-2H3,(H,17,18)(H,19,20). The van der Waals surface area contributed by atoms with E-state index in [0.717, 1.165) is 19.3 Å². The van der Waals surface area contributed by atoms with Gasteiger partial charge in [0.2, 0.25) is 0 Å². The first-order chi connectivity index (χ1) is 9.52. The average Bonchev–Trinajstić information content (AvgIpc) is 2.79. The number of amides is 1. The molecule has 1 aliphatic carbocycles. The number of carboxylic acid groups (broad SMARTS) is 1. The molecule has 0 radical (unpaired) electrons. The predicted molar refractivity (Wildman–Crippen MR) is 74.6 cm³/mol. The van der Waals surface area contributed by atoms with Gasteiger partial charge in [-0.2, -0.15) is 0 Å². The molecule has 1 amide bonds. The average molecular weight is 276 g/mol. The largest absolute Gasteiger partial charge is 0.477 e. The van der Waals surface area contributed by atoms with Crippen molar-refractivity contribution in [2.75, 3.05) is 0 Å². The summed E-state index contributed by atoms with van der Waals surface area (Å²) in [6, 6.07) is 3.03. The van der Waals surface area contributed by atoms with Crippen LogP contribution >= 0.6 is 0 Å². The SMILES string of the molecule is CCC1CCC(NC(=O)c2ccnc(C(=O)O)c2)C1C. The van der Waals surface area contributed by atoms with Crippen LogP contribution in [0, 0.1) is 11.8 Å². The van der Waals surface area contributed by atoms with Gasteiger partial charge in [0, 0.05) is 17.8 Å². The third kappa shape index (κ3) is 2.98. The molecule has 0 aliphatic heterocycles. The molecule has 2 N–H and O–H groups in total. The third-order valence-corrected chi connectivity index (χ3v) is 4.31. The van der Waals surface area contributed by atoms with E-state index in [-0.39, 0.29) is 17.6 Å². The summed E-state index contributed by atoms with van der Waals surface area (Å²) >= 11 is 0. The van der Waals surface area contributed by atoms with Gasteiger partial charge in [-0.1, -0.05) is 20.3 Å². The summed E-state index contributed by atoms with van der Waals surface area (Å²) in [7, 11) is 0. The van der Waals surface area contributed by atoms with E-state index in [0.29, 0.717) is 17.4 Å². The van der Waals surface area contributed by atoms with Crippen LogP contribution in [0.15, 0.2) is 18.3 Å². The maximum absolute atomic E-state index is 12.2.